The first-order valence-corrected chi connectivity index (χ1v) is 14.7. The lowest BCUT2D eigenvalue weighted by molar-refractivity contribution is -0.138. The molecule has 210 valence electrons. The van der Waals surface area contributed by atoms with E-state index in [0.29, 0.717) is 42.4 Å². The third-order valence-corrected chi connectivity index (χ3v) is 8.19. The summed E-state index contributed by atoms with van der Waals surface area (Å²) < 4.78 is 18.9. The van der Waals surface area contributed by atoms with Crippen molar-refractivity contribution in [3.05, 3.63) is 127 Å². The third kappa shape index (κ3) is 5.44. The maximum atomic E-state index is 14.0. The minimum Gasteiger partial charge on any atom is -0.497 e. The second-order valence-electron chi connectivity index (χ2n) is 9.00. The molecule has 0 radical (unpaired) electrons. The van der Waals surface area contributed by atoms with Gasteiger partial charge >= 0.3 is 5.97 Å². The van der Waals surface area contributed by atoms with Gasteiger partial charge in [-0.15, -0.1) is 0 Å². The van der Waals surface area contributed by atoms with Gasteiger partial charge in [0, 0.05) is 24.0 Å². The molecule has 1 aliphatic heterocycles. The number of ether oxygens (including phenoxy) is 2. The van der Waals surface area contributed by atoms with Gasteiger partial charge in [-0.2, -0.15) is 0 Å². The van der Waals surface area contributed by atoms with Crippen LogP contribution in [-0.4, -0.2) is 34.2 Å². The summed E-state index contributed by atoms with van der Waals surface area (Å²) in [5, 5.41) is 1.14. The fourth-order valence-electron chi connectivity index (χ4n) is 4.59. The Morgan fingerprint density at radius 1 is 1.07 bits per heavy atom. The number of hydrogen-bond donors (Lipinski definition) is 0. The fourth-order valence-corrected chi connectivity index (χ4v) is 6.25. The summed E-state index contributed by atoms with van der Waals surface area (Å²) in [6, 6.07) is 21.3. The monoisotopic (exact) mass is 596 g/mol. The molecule has 0 unspecified atom stereocenters. The standard InChI is InChI=1S/C31H24N4O5S2/c1-3-39-29(37)25-26(19-9-5-4-6-10-19)34-31-35(27(25)20-11-7-12-21(17-20)38-2)28(36)23(41-31)18-22-13-14-24(40-22)42-30-32-15-8-16-33-30/h4-18,27H,3H2,1-2H3/b23-18+/t27-/m0/s1. The Morgan fingerprint density at radius 3 is 2.64 bits per heavy atom. The van der Waals surface area contributed by atoms with Crippen LogP contribution in [0.2, 0.25) is 0 Å². The molecule has 1 atom stereocenters. The van der Waals surface area contributed by atoms with E-state index in [1.54, 1.807) is 55.3 Å². The lowest BCUT2D eigenvalue weighted by Crippen LogP contribution is -2.40. The molecule has 5 aromatic rings. The first-order valence-electron chi connectivity index (χ1n) is 13.0. The van der Waals surface area contributed by atoms with Crippen LogP contribution in [0.25, 0.3) is 11.8 Å². The quantitative estimate of drug-likeness (QED) is 0.191. The van der Waals surface area contributed by atoms with Crippen LogP contribution in [0.5, 0.6) is 5.75 Å². The summed E-state index contributed by atoms with van der Waals surface area (Å²) in [5.41, 5.74) is 1.84. The van der Waals surface area contributed by atoms with Crippen LogP contribution in [0.15, 0.2) is 115 Å². The van der Waals surface area contributed by atoms with Gasteiger partial charge in [0.15, 0.2) is 15.1 Å². The molecule has 11 heteroatoms. The Balaban J connectivity index is 1.53. The first kappa shape index (κ1) is 27.4. The number of carbonyl (C=O) groups is 1. The molecule has 4 heterocycles. The molecular weight excluding hydrogens is 572 g/mol. The van der Waals surface area contributed by atoms with Gasteiger partial charge in [-0.3, -0.25) is 9.36 Å². The molecule has 2 aromatic carbocycles. The number of thiazole rings is 1. The van der Waals surface area contributed by atoms with E-state index in [2.05, 4.69) is 9.97 Å². The number of rotatable bonds is 8. The zero-order valence-electron chi connectivity index (χ0n) is 22.6. The molecule has 1 aliphatic rings. The maximum Gasteiger partial charge on any atom is 0.338 e. The maximum absolute atomic E-state index is 14.0. The molecule has 0 fully saturated rings. The van der Waals surface area contributed by atoms with Gasteiger partial charge in [0.25, 0.3) is 5.56 Å². The SMILES string of the molecule is CCOC(=O)C1=C(c2ccccc2)N=c2s/c(=C/c3ccc(Sc4ncccn4)o3)c(=O)n2[C@H]1c1cccc(OC)c1. The lowest BCUT2D eigenvalue weighted by atomic mass is 9.93. The number of esters is 1. The Kier molecular flexibility index (Phi) is 7.85. The van der Waals surface area contributed by atoms with Crippen molar-refractivity contribution in [2.75, 3.05) is 13.7 Å². The lowest BCUT2D eigenvalue weighted by Gasteiger charge is -2.26. The van der Waals surface area contributed by atoms with Gasteiger partial charge in [0.05, 0.1) is 35.6 Å². The fraction of sp³-hybridized carbons (Fsp3) is 0.129. The van der Waals surface area contributed by atoms with Crippen molar-refractivity contribution in [1.82, 2.24) is 14.5 Å². The number of benzene rings is 2. The number of fused-ring (bicyclic) bond motifs is 1. The van der Waals surface area contributed by atoms with Gasteiger partial charge in [0.2, 0.25) is 0 Å². The van der Waals surface area contributed by atoms with E-state index in [-0.39, 0.29) is 17.7 Å². The topological polar surface area (TPSA) is 109 Å². The summed E-state index contributed by atoms with van der Waals surface area (Å²) in [5.74, 6) is 0.543. The second kappa shape index (κ2) is 12.0. The van der Waals surface area contributed by atoms with Gasteiger partial charge in [-0.25, -0.2) is 19.8 Å². The van der Waals surface area contributed by atoms with Gasteiger partial charge in [-0.1, -0.05) is 53.8 Å². The van der Waals surface area contributed by atoms with E-state index in [0.717, 1.165) is 5.56 Å². The summed E-state index contributed by atoms with van der Waals surface area (Å²) in [7, 11) is 1.57. The van der Waals surface area contributed by atoms with Crippen molar-refractivity contribution in [3.63, 3.8) is 0 Å². The molecular formula is C31H24N4O5S2. The van der Waals surface area contributed by atoms with Gasteiger partial charge in [-0.05, 0) is 54.6 Å². The second-order valence-corrected chi connectivity index (χ2v) is 11.0. The molecule has 0 spiro atoms. The highest BCUT2D eigenvalue weighted by atomic mass is 32.2. The van der Waals surface area contributed by atoms with Crippen molar-refractivity contribution >= 4 is 40.8 Å². The summed E-state index contributed by atoms with van der Waals surface area (Å²) in [6.07, 6.45) is 5.00. The number of hydrogen-bond acceptors (Lipinski definition) is 10. The Labute approximate surface area is 248 Å². The predicted octanol–water partition coefficient (Wildman–Crippen LogP) is 4.48. The van der Waals surface area contributed by atoms with Gasteiger partial charge in [0.1, 0.15) is 11.5 Å². The normalized spacial score (nSPS) is 14.8. The number of aromatic nitrogens is 3. The molecule has 0 aliphatic carbocycles. The smallest absolute Gasteiger partial charge is 0.338 e. The van der Waals surface area contributed by atoms with Crippen LogP contribution >= 0.6 is 23.1 Å². The van der Waals surface area contributed by atoms with Gasteiger partial charge < -0.3 is 13.9 Å². The average molecular weight is 597 g/mol. The number of nitrogens with zero attached hydrogens (tertiary/aromatic N) is 4. The zero-order chi connectivity index (χ0) is 29.1. The van der Waals surface area contributed by atoms with E-state index in [9.17, 15) is 9.59 Å². The van der Waals surface area contributed by atoms with E-state index in [1.807, 2.05) is 54.6 Å². The minimum atomic E-state index is -0.800. The van der Waals surface area contributed by atoms with E-state index < -0.39 is 12.0 Å². The largest absolute Gasteiger partial charge is 0.497 e. The minimum absolute atomic E-state index is 0.173. The molecule has 0 saturated carbocycles. The molecule has 6 rings (SSSR count). The zero-order valence-corrected chi connectivity index (χ0v) is 24.2. The van der Waals surface area contributed by atoms with Crippen molar-refractivity contribution in [2.24, 2.45) is 4.99 Å². The van der Waals surface area contributed by atoms with Crippen molar-refractivity contribution in [1.29, 1.82) is 0 Å². The molecule has 3 aromatic heterocycles. The van der Waals surface area contributed by atoms with Crippen LogP contribution in [-0.2, 0) is 9.53 Å². The Morgan fingerprint density at radius 2 is 1.88 bits per heavy atom. The molecule has 0 saturated heterocycles. The highest BCUT2D eigenvalue weighted by Crippen LogP contribution is 2.36. The van der Waals surface area contributed by atoms with Crippen molar-refractivity contribution < 1.29 is 18.7 Å². The van der Waals surface area contributed by atoms with Crippen LogP contribution < -0.4 is 19.6 Å². The third-order valence-electron chi connectivity index (χ3n) is 6.39. The number of furan rings is 1. The summed E-state index contributed by atoms with van der Waals surface area (Å²) >= 11 is 2.50. The predicted molar refractivity (Wildman–Crippen MR) is 159 cm³/mol. The van der Waals surface area contributed by atoms with Crippen LogP contribution in [0.1, 0.15) is 29.9 Å². The van der Waals surface area contributed by atoms with Crippen LogP contribution in [0.3, 0.4) is 0 Å². The number of methoxy groups -OCH3 is 1. The summed E-state index contributed by atoms with van der Waals surface area (Å²) in [4.78, 5) is 41.3. The highest BCUT2D eigenvalue weighted by molar-refractivity contribution is 7.99. The van der Waals surface area contributed by atoms with Crippen LogP contribution in [0.4, 0.5) is 0 Å². The van der Waals surface area contributed by atoms with E-state index in [1.165, 1.54) is 23.1 Å². The Bertz CT molecular complexity index is 1960. The Hall–Kier alpha value is -4.74. The summed E-state index contributed by atoms with van der Waals surface area (Å²) in [6.45, 7) is 1.92. The van der Waals surface area contributed by atoms with Crippen LogP contribution in [0, 0.1) is 0 Å². The molecule has 42 heavy (non-hydrogen) atoms. The molecule has 0 amide bonds. The highest BCUT2D eigenvalue weighted by Gasteiger charge is 2.35. The average Bonchev–Trinajstić information content (AvgIpc) is 3.60. The molecule has 9 nitrogen and oxygen atoms in total. The van der Waals surface area contributed by atoms with E-state index in [4.69, 9.17) is 18.9 Å². The first-order chi connectivity index (χ1) is 20.6. The van der Waals surface area contributed by atoms with E-state index >= 15 is 0 Å². The van der Waals surface area contributed by atoms with Crippen molar-refractivity contribution in [2.45, 2.75) is 23.2 Å². The van der Waals surface area contributed by atoms with Crippen molar-refractivity contribution in [3.8, 4) is 5.75 Å². The molecule has 0 N–H and O–H groups in total. The number of carbonyl (C=O) groups excluding carboxylic acids is 1. The molecule has 0 bridgehead atoms.